The highest BCUT2D eigenvalue weighted by atomic mass is 35.5. The van der Waals surface area contributed by atoms with Gasteiger partial charge in [-0.05, 0) is 24.6 Å². The lowest BCUT2D eigenvalue weighted by Gasteiger charge is -2.26. The number of hydrogen-bond acceptors (Lipinski definition) is 4. The van der Waals surface area contributed by atoms with Crippen molar-refractivity contribution in [2.75, 3.05) is 11.9 Å². The Kier molecular flexibility index (Phi) is 4.35. The average molecular weight is 278 g/mol. The third kappa shape index (κ3) is 3.22. The van der Waals surface area contributed by atoms with Crippen LogP contribution in [0, 0.1) is 0 Å². The van der Waals surface area contributed by atoms with Crippen molar-refractivity contribution in [1.82, 2.24) is 9.97 Å². The number of rotatable bonds is 4. The Labute approximate surface area is 117 Å². The Morgan fingerprint density at radius 3 is 2.68 bits per heavy atom. The molecule has 5 heteroatoms. The largest absolute Gasteiger partial charge is 0.390 e. The fourth-order valence-electron chi connectivity index (χ4n) is 1.80. The van der Waals surface area contributed by atoms with Gasteiger partial charge in [0, 0.05) is 12.1 Å². The minimum absolute atomic E-state index is 0.0964. The highest BCUT2D eigenvalue weighted by Gasteiger charge is 2.14. The van der Waals surface area contributed by atoms with Gasteiger partial charge in [0.1, 0.15) is 5.82 Å². The van der Waals surface area contributed by atoms with E-state index in [9.17, 15) is 0 Å². The highest BCUT2D eigenvalue weighted by Crippen LogP contribution is 2.25. The Balaban J connectivity index is 2.20. The normalized spacial score (nSPS) is 12.2. The van der Waals surface area contributed by atoms with E-state index >= 15 is 0 Å². The molecule has 0 aliphatic rings. The molecule has 100 valence electrons. The zero-order valence-corrected chi connectivity index (χ0v) is 11.7. The molecule has 0 saturated carbocycles. The maximum atomic E-state index is 8.95. The quantitative estimate of drug-likeness (QED) is 0.934. The predicted octanol–water partition coefficient (Wildman–Crippen LogP) is 2.82. The maximum Gasteiger partial charge on any atom is 0.147 e. The molecule has 1 heterocycles. The second-order valence-corrected chi connectivity index (χ2v) is 4.80. The third-order valence-electron chi connectivity index (χ3n) is 3.13. The molecule has 0 aliphatic heterocycles. The van der Waals surface area contributed by atoms with Crippen LogP contribution in [0.15, 0.2) is 36.7 Å². The highest BCUT2D eigenvalue weighted by molar-refractivity contribution is 6.30. The van der Waals surface area contributed by atoms with Gasteiger partial charge in [0.25, 0.3) is 0 Å². The summed E-state index contributed by atoms with van der Waals surface area (Å²) in [5.41, 5.74) is 1.68. The summed E-state index contributed by atoms with van der Waals surface area (Å²) in [6.07, 6.45) is 3.24. The van der Waals surface area contributed by atoms with Crippen molar-refractivity contribution in [2.24, 2.45) is 0 Å². The molecule has 0 bridgehead atoms. The molecular formula is C14H16ClN3O. The minimum Gasteiger partial charge on any atom is -0.390 e. The van der Waals surface area contributed by atoms with Crippen molar-refractivity contribution in [3.8, 4) is 0 Å². The molecule has 0 saturated heterocycles. The number of hydrogen-bond donors (Lipinski definition) is 1. The number of aliphatic hydroxyl groups excluding tert-OH is 1. The van der Waals surface area contributed by atoms with Crippen molar-refractivity contribution >= 4 is 17.4 Å². The molecular weight excluding hydrogens is 262 g/mol. The molecule has 1 N–H and O–H groups in total. The van der Waals surface area contributed by atoms with E-state index in [4.69, 9.17) is 16.7 Å². The fraction of sp³-hybridized carbons (Fsp3) is 0.286. The number of halogens is 1. The van der Waals surface area contributed by atoms with E-state index in [2.05, 4.69) is 16.9 Å². The van der Waals surface area contributed by atoms with Gasteiger partial charge in [-0.25, -0.2) is 4.98 Å². The Bertz CT molecular complexity index is 545. The summed E-state index contributed by atoms with van der Waals surface area (Å²) >= 11 is 6.00. The first kappa shape index (κ1) is 13.8. The summed E-state index contributed by atoms with van der Waals surface area (Å²) in [6.45, 7) is 1.98. The molecule has 0 spiro atoms. The number of aromatic nitrogens is 2. The first-order valence-electron chi connectivity index (χ1n) is 6.02. The van der Waals surface area contributed by atoms with Crippen LogP contribution < -0.4 is 4.90 Å². The van der Waals surface area contributed by atoms with E-state index in [0.29, 0.717) is 5.69 Å². The summed E-state index contributed by atoms with van der Waals surface area (Å²) in [7, 11) is 1.95. The Morgan fingerprint density at radius 2 is 2.11 bits per heavy atom. The Hall–Kier alpha value is -1.65. The second-order valence-electron chi connectivity index (χ2n) is 4.37. The lowest BCUT2D eigenvalue weighted by atomic mass is 10.1. The molecule has 19 heavy (non-hydrogen) atoms. The van der Waals surface area contributed by atoms with Crippen LogP contribution in [0.25, 0.3) is 0 Å². The molecule has 0 fully saturated rings. The fourth-order valence-corrected chi connectivity index (χ4v) is 2.00. The van der Waals surface area contributed by atoms with Crippen molar-refractivity contribution in [1.29, 1.82) is 0 Å². The van der Waals surface area contributed by atoms with E-state index in [1.165, 1.54) is 0 Å². The first-order chi connectivity index (χ1) is 9.11. The third-order valence-corrected chi connectivity index (χ3v) is 3.36. The topological polar surface area (TPSA) is 49.2 Å². The molecule has 2 aromatic rings. The lowest BCUT2D eigenvalue weighted by molar-refractivity contribution is 0.276. The van der Waals surface area contributed by atoms with Gasteiger partial charge in [-0.2, -0.15) is 0 Å². The van der Waals surface area contributed by atoms with E-state index < -0.39 is 0 Å². The zero-order valence-electron chi connectivity index (χ0n) is 10.9. The molecule has 2 rings (SSSR count). The maximum absolute atomic E-state index is 8.95. The van der Waals surface area contributed by atoms with Crippen LogP contribution in [0.1, 0.15) is 24.2 Å². The predicted molar refractivity (Wildman–Crippen MR) is 76.2 cm³/mol. The molecule has 0 radical (unpaired) electrons. The van der Waals surface area contributed by atoms with E-state index in [1.807, 2.05) is 36.2 Å². The van der Waals surface area contributed by atoms with Crippen molar-refractivity contribution in [3.05, 3.63) is 52.9 Å². The SMILES string of the molecule is CC(c1cccc(Cl)c1)N(C)c1cnc(CO)cn1. The van der Waals surface area contributed by atoms with Crippen LogP contribution in [-0.4, -0.2) is 22.1 Å². The van der Waals surface area contributed by atoms with Gasteiger partial charge in [0.2, 0.25) is 0 Å². The first-order valence-corrected chi connectivity index (χ1v) is 6.39. The summed E-state index contributed by atoms with van der Waals surface area (Å²) in [4.78, 5) is 10.4. The number of benzene rings is 1. The van der Waals surface area contributed by atoms with Crippen LogP contribution in [0.3, 0.4) is 0 Å². The van der Waals surface area contributed by atoms with Crippen LogP contribution >= 0.6 is 11.6 Å². The van der Waals surface area contributed by atoms with Gasteiger partial charge in [0.15, 0.2) is 0 Å². The number of nitrogens with zero attached hydrogens (tertiary/aromatic N) is 3. The molecule has 1 aromatic carbocycles. The van der Waals surface area contributed by atoms with Crippen molar-refractivity contribution in [3.63, 3.8) is 0 Å². The van der Waals surface area contributed by atoms with Crippen molar-refractivity contribution < 1.29 is 5.11 Å². The standard InChI is InChI=1S/C14H16ClN3O/c1-10(11-4-3-5-12(15)6-11)18(2)14-8-16-13(9-19)7-17-14/h3-8,10,19H,9H2,1-2H3. The second kappa shape index (κ2) is 5.99. The van der Waals surface area contributed by atoms with Crippen LogP contribution in [0.2, 0.25) is 5.02 Å². The van der Waals surface area contributed by atoms with Crippen LogP contribution in [0.5, 0.6) is 0 Å². The summed E-state index contributed by atoms with van der Waals surface area (Å²) in [5, 5.41) is 9.68. The number of aliphatic hydroxyl groups is 1. The molecule has 0 amide bonds. The van der Waals surface area contributed by atoms with Crippen LogP contribution in [-0.2, 0) is 6.61 Å². The van der Waals surface area contributed by atoms with Crippen molar-refractivity contribution in [2.45, 2.75) is 19.6 Å². The van der Waals surface area contributed by atoms with Gasteiger partial charge >= 0.3 is 0 Å². The van der Waals surface area contributed by atoms with Gasteiger partial charge in [0.05, 0.1) is 30.7 Å². The van der Waals surface area contributed by atoms with E-state index in [-0.39, 0.29) is 12.6 Å². The van der Waals surface area contributed by atoms with Gasteiger partial charge in [-0.15, -0.1) is 0 Å². The van der Waals surface area contributed by atoms with Gasteiger partial charge < -0.3 is 10.0 Å². The lowest BCUT2D eigenvalue weighted by Crippen LogP contribution is -2.22. The summed E-state index contributed by atoms with van der Waals surface area (Å²) < 4.78 is 0. The van der Waals surface area contributed by atoms with E-state index in [1.54, 1.807) is 12.4 Å². The Morgan fingerprint density at radius 1 is 1.32 bits per heavy atom. The molecule has 0 aliphatic carbocycles. The zero-order chi connectivity index (χ0) is 13.8. The molecule has 4 nitrogen and oxygen atoms in total. The molecule has 1 atom stereocenters. The summed E-state index contributed by atoms with van der Waals surface area (Å²) in [6, 6.07) is 7.89. The average Bonchev–Trinajstić information content (AvgIpc) is 2.46. The van der Waals surface area contributed by atoms with Crippen LogP contribution in [0.4, 0.5) is 5.82 Å². The monoisotopic (exact) mass is 277 g/mol. The summed E-state index contributed by atoms with van der Waals surface area (Å²) in [5.74, 6) is 0.754. The molecule has 1 unspecified atom stereocenters. The smallest absolute Gasteiger partial charge is 0.147 e. The van der Waals surface area contributed by atoms with Gasteiger partial charge in [-0.3, -0.25) is 4.98 Å². The molecule has 1 aromatic heterocycles. The van der Waals surface area contributed by atoms with E-state index in [0.717, 1.165) is 16.4 Å². The van der Waals surface area contributed by atoms with Gasteiger partial charge in [-0.1, -0.05) is 23.7 Å². The minimum atomic E-state index is -0.0964. The number of anilines is 1.